The van der Waals surface area contributed by atoms with Crippen molar-refractivity contribution in [3.8, 4) is 0 Å². The zero-order chi connectivity index (χ0) is 12.6. The molecule has 0 spiro atoms. The van der Waals surface area contributed by atoms with Crippen LogP contribution in [0.25, 0.3) is 0 Å². The van der Waals surface area contributed by atoms with Crippen LogP contribution in [0.1, 0.15) is 54.9 Å². The van der Waals surface area contributed by atoms with Crippen LogP contribution in [-0.4, -0.2) is 13.6 Å². The van der Waals surface area contributed by atoms with Gasteiger partial charge in [-0.2, -0.15) is 0 Å². The molecule has 0 aliphatic heterocycles. The molecule has 2 rings (SSSR count). The van der Waals surface area contributed by atoms with Crippen LogP contribution in [0.2, 0.25) is 0 Å². The van der Waals surface area contributed by atoms with Gasteiger partial charge in [0.25, 0.3) is 0 Å². The summed E-state index contributed by atoms with van der Waals surface area (Å²) in [6.45, 7) is 10.4. The summed E-state index contributed by atoms with van der Waals surface area (Å²) in [5.41, 5.74) is 6.42. The Hall–Kier alpha value is -0.820. The molecule has 0 amide bonds. The van der Waals surface area contributed by atoms with Gasteiger partial charge in [-0.25, -0.2) is 0 Å². The first-order valence-electron chi connectivity index (χ1n) is 6.72. The van der Waals surface area contributed by atoms with Crippen LogP contribution < -0.4 is 5.32 Å². The van der Waals surface area contributed by atoms with E-state index in [0.29, 0.717) is 11.3 Å². The van der Waals surface area contributed by atoms with Gasteiger partial charge < -0.3 is 5.32 Å². The monoisotopic (exact) mass is 231 g/mol. The molecule has 1 aromatic carbocycles. The summed E-state index contributed by atoms with van der Waals surface area (Å²) in [6.07, 6.45) is 2.61. The molecule has 0 saturated carbocycles. The number of fused-ring (bicyclic) bond motifs is 1. The fraction of sp³-hybridized carbons (Fsp3) is 0.625. The minimum Gasteiger partial charge on any atom is -0.319 e. The van der Waals surface area contributed by atoms with E-state index in [1.54, 1.807) is 11.1 Å². The smallest absolute Gasteiger partial charge is 0.00172 e. The molecule has 1 heteroatoms. The Morgan fingerprint density at radius 3 is 2.65 bits per heavy atom. The Morgan fingerprint density at radius 2 is 2.00 bits per heavy atom. The van der Waals surface area contributed by atoms with E-state index in [1.807, 2.05) is 0 Å². The van der Waals surface area contributed by atoms with Gasteiger partial charge in [0.05, 0.1) is 0 Å². The van der Waals surface area contributed by atoms with E-state index in [-0.39, 0.29) is 0 Å². The SMILES string of the molecule is CNCC1CCC(C)(C)c2c(C)cc(C)cc21. The van der Waals surface area contributed by atoms with Gasteiger partial charge in [-0.15, -0.1) is 0 Å². The van der Waals surface area contributed by atoms with Crippen molar-refractivity contribution < 1.29 is 0 Å². The number of nitrogens with one attached hydrogen (secondary N) is 1. The van der Waals surface area contributed by atoms with Crippen LogP contribution in [-0.2, 0) is 5.41 Å². The van der Waals surface area contributed by atoms with Crippen molar-refractivity contribution in [2.24, 2.45) is 0 Å². The Labute approximate surface area is 106 Å². The lowest BCUT2D eigenvalue weighted by atomic mass is 9.67. The van der Waals surface area contributed by atoms with Crippen molar-refractivity contribution in [3.05, 3.63) is 34.4 Å². The van der Waals surface area contributed by atoms with E-state index in [2.05, 4.69) is 52.2 Å². The van der Waals surface area contributed by atoms with Crippen LogP contribution in [0.4, 0.5) is 0 Å². The molecular weight excluding hydrogens is 206 g/mol. The zero-order valence-corrected chi connectivity index (χ0v) is 11.9. The van der Waals surface area contributed by atoms with E-state index in [4.69, 9.17) is 0 Å². The lowest BCUT2D eigenvalue weighted by molar-refractivity contribution is 0.384. The third-order valence-corrected chi connectivity index (χ3v) is 4.20. The van der Waals surface area contributed by atoms with Crippen LogP contribution in [0.5, 0.6) is 0 Å². The average molecular weight is 231 g/mol. The molecule has 0 radical (unpaired) electrons. The molecule has 0 fully saturated rings. The number of aryl methyl sites for hydroxylation is 2. The Morgan fingerprint density at radius 1 is 1.29 bits per heavy atom. The Balaban J connectivity index is 2.55. The number of hydrogen-bond acceptors (Lipinski definition) is 1. The number of likely N-dealkylation sites (N-methyl/N-ethyl adjacent to an activating group) is 1. The Kier molecular flexibility index (Phi) is 3.31. The van der Waals surface area contributed by atoms with Gasteiger partial charge >= 0.3 is 0 Å². The molecule has 0 aromatic heterocycles. The minimum absolute atomic E-state index is 0.345. The highest BCUT2D eigenvalue weighted by atomic mass is 14.8. The van der Waals surface area contributed by atoms with E-state index in [0.717, 1.165) is 6.54 Å². The molecule has 1 nitrogen and oxygen atoms in total. The van der Waals surface area contributed by atoms with E-state index in [1.165, 1.54) is 24.0 Å². The zero-order valence-electron chi connectivity index (χ0n) is 11.9. The number of hydrogen-bond donors (Lipinski definition) is 1. The van der Waals surface area contributed by atoms with Gasteiger partial charge in [0.1, 0.15) is 0 Å². The normalized spacial score (nSPS) is 22.3. The van der Waals surface area contributed by atoms with Gasteiger partial charge in [-0.3, -0.25) is 0 Å². The number of rotatable bonds is 2. The molecule has 1 aliphatic carbocycles. The first kappa shape index (κ1) is 12.6. The van der Waals surface area contributed by atoms with E-state index >= 15 is 0 Å². The fourth-order valence-electron chi connectivity index (χ4n) is 3.52. The maximum atomic E-state index is 3.34. The lowest BCUT2D eigenvalue weighted by Gasteiger charge is -2.38. The molecule has 1 unspecified atom stereocenters. The second kappa shape index (κ2) is 4.45. The van der Waals surface area contributed by atoms with Crippen LogP contribution in [0, 0.1) is 13.8 Å². The Bertz CT molecular complexity index is 418. The average Bonchev–Trinajstić information content (AvgIpc) is 2.21. The highest BCUT2D eigenvalue weighted by Crippen LogP contribution is 2.44. The molecule has 0 saturated heterocycles. The standard InChI is InChI=1S/C16H25N/c1-11-8-12(2)15-14(9-11)13(10-17-5)6-7-16(15,3)4/h8-9,13,17H,6-7,10H2,1-5H3. The molecule has 1 aromatic rings. The second-order valence-electron chi connectivity index (χ2n) is 6.22. The minimum atomic E-state index is 0.345. The summed E-state index contributed by atoms with van der Waals surface area (Å²) in [7, 11) is 2.06. The summed E-state index contributed by atoms with van der Waals surface area (Å²) in [5, 5.41) is 3.34. The van der Waals surface area contributed by atoms with Crippen molar-refractivity contribution >= 4 is 0 Å². The van der Waals surface area contributed by atoms with Crippen LogP contribution in [0.3, 0.4) is 0 Å². The topological polar surface area (TPSA) is 12.0 Å². The molecule has 94 valence electrons. The van der Waals surface area contributed by atoms with Crippen molar-refractivity contribution in [1.29, 1.82) is 0 Å². The van der Waals surface area contributed by atoms with E-state index in [9.17, 15) is 0 Å². The molecule has 0 bridgehead atoms. The number of benzene rings is 1. The first-order valence-corrected chi connectivity index (χ1v) is 6.72. The predicted molar refractivity (Wildman–Crippen MR) is 74.8 cm³/mol. The van der Waals surface area contributed by atoms with Gasteiger partial charge in [0.2, 0.25) is 0 Å². The molecular formula is C16H25N. The second-order valence-corrected chi connectivity index (χ2v) is 6.22. The van der Waals surface area contributed by atoms with Crippen LogP contribution >= 0.6 is 0 Å². The lowest BCUT2D eigenvalue weighted by Crippen LogP contribution is -2.31. The molecule has 1 aliphatic rings. The summed E-state index contributed by atoms with van der Waals surface area (Å²) < 4.78 is 0. The van der Waals surface area contributed by atoms with Gasteiger partial charge in [-0.05, 0) is 61.8 Å². The van der Waals surface area contributed by atoms with Gasteiger partial charge in [0.15, 0.2) is 0 Å². The highest BCUT2D eigenvalue weighted by Gasteiger charge is 2.33. The third-order valence-electron chi connectivity index (χ3n) is 4.20. The first-order chi connectivity index (χ1) is 7.95. The third kappa shape index (κ3) is 2.26. The fourth-order valence-corrected chi connectivity index (χ4v) is 3.52. The summed E-state index contributed by atoms with van der Waals surface area (Å²) in [4.78, 5) is 0. The predicted octanol–water partition coefficient (Wildman–Crippen LogP) is 3.68. The van der Waals surface area contributed by atoms with Crippen LogP contribution in [0.15, 0.2) is 12.1 Å². The largest absolute Gasteiger partial charge is 0.319 e. The quantitative estimate of drug-likeness (QED) is 0.818. The van der Waals surface area contributed by atoms with Gasteiger partial charge in [0, 0.05) is 6.54 Å². The summed E-state index contributed by atoms with van der Waals surface area (Å²) >= 11 is 0. The maximum absolute atomic E-state index is 3.34. The van der Waals surface area contributed by atoms with Gasteiger partial charge in [-0.1, -0.05) is 31.5 Å². The molecule has 1 atom stereocenters. The molecule has 0 heterocycles. The van der Waals surface area contributed by atoms with Crippen molar-refractivity contribution in [2.45, 2.75) is 51.9 Å². The van der Waals surface area contributed by atoms with Crippen molar-refractivity contribution in [2.75, 3.05) is 13.6 Å². The highest BCUT2D eigenvalue weighted by molar-refractivity contribution is 5.46. The molecule has 1 N–H and O–H groups in total. The van der Waals surface area contributed by atoms with Crippen molar-refractivity contribution in [3.63, 3.8) is 0 Å². The summed E-state index contributed by atoms with van der Waals surface area (Å²) in [6, 6.07) is 4.74. The van der Waals surface area contributed by atoms with E-state index < -0.39 is 0 Å². The summed E-state index contributed by atoms with van der Waals surface area (Å²) in [5.74, 6) is 0.696. The maximum Gasteiger partial charge on any atom is 0.00172 e. The van der Waals surface area contributed by atoms with Crippen molar-refractivity contribution in [1.82, 2.24) is 5.32 Å². The molecule has 17 heavy (non-hydrogen) atoms.